The molecule has 2 amide bonds. The Balaban J connectivity index is 1.52. The van der Waals surface area contributed by atoms with Gasteiger partial charge in [-0.25, -0.2) is 4.98 Å². The molecule has 2 atom stereocenters. The lowest BCUT2D eigenvalue weighted by Crippen LogP contribution is -2.55. The van der Waals surface area contributed by atoms with E-state index in [-0.39, 0.29) is 31.2 Å². The molecular formula is C19H22N4O4. The number of rotatable bonds is 5. The largest absolute Gasteiger partial charge is 0.392 e. The van der Waals surface area contributed by atoms with Gasteiger partial charge in [-0.15, -0.1) is 0 Å². The Kier molecular flexibility index (Phi) is 6.10. The van der Waals surface area contributed by atoms with Gasteiger partial charge in [-0.1, -0.05) is 24.3 Å². The first-order chi connectivity index (χ1) is 13.1. The Morgan fingerprint density at radius 3 is 2.56 bits per heavy atom. The number of hydrogen-bond acceptors (Lipinski definition) is 6. The molecule has 3 rings (SSSR count). The lowest BCUT2D eigenvalue weighted by Gasteiger charge is -2.36. The highest BCUT2D eigenvalue weighted by atomic mass is 16.3. The molecule has 8 nitrogen and oxygen atoms in total. The highest BCUT2D eigenvalue weighted by molar-refractivity contribution is 5.92. The minimum absolute atomic E-state index is 0.0335. The number of aliphatic hydroxyl groups is 2. The molecule has 0 unspecified atom stereocenters. The highest BCUT2D eigenvalue weighted by Gasteiger charge is 2.31. The molecule has 1 aromatic heterocycles. The monoisotopic (exact) mass is 370 g/mol. The molecule has 2 heterocycles. The zero-order valence-electron chi connectivity index (χ0n) is 14.8. The highest BCUT2D eigenvalue weighted by Crippen LogP contribution is 2.14. The van der Waals surface area contributed by atoms with Gasteiger partial charge in [0.1, 0.15) is 5.69 Å². The Hall–Kier alpha value is -2.84. The van der Waals surface area contributed by atoms with Gasteiger partial charge >= 0.3 is 0 Å². The van der Waals surface area contributed by atoms with Crippen LogP contribution in [-0.4, -0.2) is 62.1 Å². The van der Waals surface area contributed by atoms with E-state index in [0.29, 0.717) is 13.0 Å². The van der Waals surface area contributed by atoms with Crippen LogP contribution in [0.2, 0.25) is 0 Å². The maximum absolute atomic E-state index is 12.5. The molecule has 0 radical (unpaired) electrons. The van der Waals surface area contributed by atoms with Crippen LogP contribution in [-0.2, 0) is 17.8 Å². The number of nitrogens with zero attached hydrogens (tertiary/aromatic N) is 3. The second-order valence-electron chi connectivity index (χ2n) is 6.52. The van der Waals surface area contributed by atoms with Crippen LogP contribution in [0, 0.1) is 0 Å². The number of benzene rings is 1. The van der Waals surface area contributed by atoms with E-state index >= 15 is 0 Å². The van der Waals surface area contributed by atoms with Crippen molar-refractivity contribution in [1.82, 2.24) is 20.2 Å². The van der Waals surface area contributed by atoms with Crippen LogP contribution in [0.5, 0.6) is 0 Å². The van der Waals surface area contributed by atoms with Crippen molar-refractivity contribution in [3.05, 3.63) is 59.7 Å². The minimum atomic E-state index is -0.847. The number of nitrogens with one attached hydrogen (secondary N) is 1. The van der Waals surface area contributed by atoms with Gasteiger partial charge in [0.25, 0.3) is 5.91 Å². The van der Waals surface area contributed by atoms with Crippen molar-refractivity contribution in [2.24, 2.45) is 0 Å². The summed E-state index contributed by atoms with van der Waals surface area (Å²) in [7, 11) is 0. The summed E-state index contributed by atoms with van der Waals surface area (Å²) in [6.45, 7) is 0.587. The predicted molar refractivity (Wildman–Crippen MR) is 96.6 cm³/mol. The van der Waals surface area contributed by atoms with Crippen LogP contribution < -0.4 is 5.32 Å². The van der Waals surface area contributed by atoms with Gasteiger partial charge in [0, 0.05) is 25.5 Å². The fourth-order valence-corrected chi connectivity index (χ4v) is 3.03. The molecule has 1 aliphatic rings. The molecule has 0 saturated carbocycles. The summed E-state index contributed by atoms with van der Waals surface area (Å²) in [4.78, 5) is 34.0. The number of aliphatic hydroxyl groups excluding tert-OH is 2. The lowest BCUT2D eigenvalue weighted by atomic mass is 10.0. The zero-order chi connectivity index (χ0) is 19.2. The molecule has 142 valence electrons. The first-order valence-electron chi connectivity index (χ1n) is 8.78. The average molecular weight is 370 g/mol. The van der Waals surface area contributed by atoms with Crippen molar-refractivity contribution >= 4 is 11.8 Å². The van der Waals surface area contributed by atoms with E-state index in [4.69, 9.17) is 5.11 Å². The average Bonchev–Trinajstić information content (AvgIpc) is 2.70. The smallest absolute Gasteiger partial charge is 0.271 e. The minimum Gasteiger partial charge on any atom is -0.392 e. The summed E-state index contributed by atoms with van der Waals surface area (Å²) in [6, 6.07) is 6.76. The quantitative estimate of drug-likeness (QED) is 0.677. The van der Waals surface area contributed by atoms with Crippen molar-refractivity contribution in [3.63, 3.8) is 0 Å². The Bertz CT molecular complexity index is 782. The van der Waals surface area contributed by atoms with Crippen LogP contribution >= 0.6 is 0 Å². The van der Waals surface area contributed by atoms with Crippen LogP contribution in [0.1, 0.15) is 28.0 Å². The van der Waals surface area contributed by atoms with E-state index in [1.54, 1.807) is 17.0 Å². The summed E-state index contributed by atoms with van der Waals surface area (Å²) in [5.74, 6) is -0.472. The molecule has 2 aromatic rings. The van der Waals surface area contributed by atoms with E-state index in [9.17, 15) is 14.7 Å². The SMILES string of the molecule is O=C(N[C@@H]1CCN(C(=O)Cc2ccc(CO)cc2)C[C@H]1O)c1cnccn1. The molecule has 0 bridgehead atoms. The third kappa shape index (κ3) is 4.87. The summed E-state index contributed by atoms with van der Waals surface area (Å²) in [5, 5.41) is 22.2. The van der Waals surface area contributed by atoms with E-state index in [2.05, 4.69) is 15.3 Å². The number of carbonyl (C=O) groups excluding carboxylic acids is 2. The Morgan fingerprint density at radius 2 is 1.93 bits per heavy atom. The second kappa shape index (κ2) is 8.70. The summed E-state index contributed by atoms with van der Waals surface area (Å²) >= 11 is 0. The van der Waals surface area contributed by atoms with E-state index < -0.39 is 18.1 Å². The van der Waals surface area contributed by atoms with E-state index in [0.717, 1.165) is 11.1 Å². The molecule has 1 aromatic carbocycles. The number of carbonyl (C=O) groups is 2. The van der Waals surface area contributed by atoms with Crippen molar-refractivity contribution in [2.75, 3.05) is 13.1 Å². The summed E-state index contributed by atoms with van der Waals surface area (Å²) < 4.78 is 0. The molecule has 8 heteroatoms. The van der Waals surface area contributed by atoms with Crippen LogP contribution in [0.25, 0.3) is 0 Å². The summed E-state index contributed by atoms with van der Waals surface area (Å²) in [5.41, 5.74) is 1.83. The van der Waals surface area contributed by atoms with Crippen LogP contribution in [0.4, 0.5) is 0 Å². The topological polar surface area (TPSA) is 116 Å². The lowest BCUT2D eigenvalue weighted by molar-refractivity contribution is -0.134. The first-order valence-corrected chi connectivity index (χ1v) is 8.78. The first kappa shape index (κ1) is 18.9. The van der Waals surface area contributed by atoms with Gasteiger partial charge < -0.3 is 20.4 Å². The number of β-amino-alcohol motifs (C(OH)–C–C–N with tert-alkyl or cyclic N) is 1. The van der Waals surface area contributed by atoms with Crippen molar-refractivity contribution in [3.8, 4) is 0 Å². The number of likely N-dealkylation sites (tertiary alicyclic amines) is 1. The van der Waals surface area contributed by atoms with E-state index in [1.807, 2.05) is 12.1 Å². The fourth-order valence-electron chi connectivity index (χ4n) is 3.03. The van der Waals surface area contributed by atoms with Crippen molar-refractivity contribution in [2.45, 2.75) is 31.6 Å². The van der Waals surface area contributed by atoms with Gasteiger partial charge in [0.15, 0.2) is 0 Å². The van der Waals surface area contributed by atoms with Crippen molar-refractivity contribution < 1.29 is 19.8 Å². The molecule has 1 fully saturated rings. The maximum Gasteiger partial charge on any atom is 0.271 e. The van der Waals surface area contributed by atoms with Crippen molar-refractivity contribution in [1.29, 1.82) is 0 Å². The normalized spacial score (nSPS) is 19.6. The van der Waals surface area contributed by atoms with Gasteiger partial charge in [0.2, 0.25) is 5.91 Å². The number of amides is 2. The van der Waals surface area contributed by atoms with Gasteiger partial charge in [-0.3, -0.25) is 14.6 Å². The summed E-state index contributed by atoms with van der Waals surface area (Å²) in [6.07, 6.45) is 4.12. The number of piperidine rings is 1. The Labute approximate surface area is 156 Å². The maximum atomic E-state index is 12.5. The number of hydrogen-bond donors (Lipinski definition) is 3. The van der Waals surface area contributed by atoms with Crippen LogP contribution in [0.15, 0.2) is 42.9 Å². The van der Waals surface area contributed by atoms with Crippen LogP contribution in [0.3, 0.4) is 0 Å². The molecular weight excluding hydrogens is 348 g/mol. The third-order valence-corrected chi connectivity index (χ3v) is 4.61. The molecule has 0 spiro atoms. The third-order valence-electron chi connectivity index (χ3n) is 4.61. The molecule has 1 aliphatic heterocycles. The fraction of sp³-hybridized carbons (Fsp3) is 0.368. The number of aromatic nitrogens is 2. The zero-order valence-corrected chi connectivity index (χ0v) is 14.8. The molecule has 0 aliphatic carbocycles. The standard InChI is InChI=1S/C19H22N4O4/c24-12-14-3-1-13(2-4-14)9-18(26)23-8-5-15(17(25)11-23)22-19(27)16-10-20-6-7-21-16/h1-4,6-7,10,15,17,24-25H,5,8-9,11-12H2,(H,22,27)/t15-,17-/m1/s1. The predicted octanol–water partition coefficient (Wildman–Crippen LogP) is -0.0968. The molecule has 27 heavy (non-hydrogen) atoms. The Morgan fingerprint density at radius 1 is 1.19 bits per heavy atom. The van der Waals surface area contributed by atoms with Gasteiger partial charge in [0.05, 0.1) is 31.4 Å². The van der Waals surface area contributed by atoms with Gasteiger partial charge in [-0.05, 0) is 17.5 Å². The molecule has 3 N–H and O–H groups in total. The van der Waals surface area contributed by atoms with E-state index in [1.165, 1.54) is 18.6 Å². The second-order valence-corrected chi connectivity index (χ2v) is 6.52. The molecule has 1 saturated heterocycles. The van der Waals surface area contributed by atoms with Gasteiger partial charge in [-0.2, -0.15) is 0 Å².